The normalized spacial score (nSPS) is 10.7. The maximum absolute atomic E-state index is 12.9. The van der Waals surface area contributed by atoms with Gasteiger partial charge in [-0.1, -0.05) is 48.9 Å². The van der Waals surface area contributed by atoms with Crippen molar-refractivity contribution in [2.45, 2.75) is 18.1 Å². The lowest BCUT2D eigenvalue weighted by Crippen LogP contribution is -2.04. The second kappa shape index (κ2) is 7.89. The lowest BCUT2D eigenvalue weighted by Gasteiger charge is -2.10. The molecule has 0 aliphatic rings. The molecule has 3 rings (SSSR count). The number of thioether (sulfide) groups is 1. The molecule has 25 heavy (non-hydrogen) atoms. The predicted molar refractivity (Wildman–Crippen MR) is 109 cm³/mol. The fourth-order valence-corrected chi connectivity index (χ4v) is 5.01. The van der Waals surface area contributed by atoms with Crippen LogP contribution in [0.5, 0.6) is 5.75 Å². The smallest absolute Gasteiger partial charge is 0.189 e. The fraction of sp³-hybridized carbons (Fsp3) is 0.190. The van der Waals surface area contributed by atoms with E-state index in [1.54, 1.807) is 36.3 Å². The Morgan fingerprint density at radius 2 is 1.64 bits per heavy atom. The molecule has 0 atom stereocenters. The van der Waals surface area contributed by atoms with Crippen LogP contribution in [0.15, 0.2) is 63.6 Å². The van der Waals surface area contributed by atoms with E-state index >= 15 is 0 Å². The summed E-state index contributed by atoms with van der Waals surface area (Å²) in [6, 6.07) is 17.8. The lowest BCUT2D eigenvalue weighted by molar-refractivity contribution is 0.415. The minimum atomic E-state index is 0.0652. The minimum absolute atomic E-state index is 0.0652. The van der Waals surface area contributed by atoms with E-state index in [2.05, 4.69) is 38.1 Å². The number of aryl methyl sites for hydroxylation is 1. The average molecular weight is 369 g/mol. The van der Waals surface area contributed by atoms with E-state index in [4.69, 9.17) is 4.74 Å². The summed E-state index contributed by atoms with van der Waals surface area (Å²) < 4.78 is 6.28. The molecule has 0 spiro atoms. The number of benzene rings is 2. The first kappa shape index (κ1) is 17.8. The van der Waals surface area contributed by atoms with Crippen LogP contribution in [0.1, 0.15) is 12.5 Å². The largest absolute Gasteiger partial charge is 0.497 e. The van der Waals surface area contributed by atoms with Crippen LogP contribution in [0, 0.1) is 6.92 Å². The SMILES string of the molecule is CCSc1sc(-c2ccc(C)cc2)cc(=O)c1-c1ccc(OC)cc1. The molecule has 0 saturated heterocycles. The highest BCUT2D eigenvalue weighted by Gasteiger charge is 2.14. The number of methoxy groups -OCH3 is 1. The summed E-state index contributed by atoms with van der Waals surface area (Å²) in [7, 11) is 1.64. The highest BCUT2D eigenvalue weighted by molar-refractivity contribution is 8.01. The van der Waals surface area contributed by atoms with E-state index < -0.39 is 0 Å². The summed E-state index contributed by atoms with van der Waals surface area (Å²) in [5.74, 6) is 1.72. The van der Waals surface area contributed by atoms with Gasteiger partial charge in [0.15, 0.2) is 5.43 Å². The van der Waals surface area contributed by atoms with Crippen LogP contribution in [0.2, 0.25) is 0 Å². The summed E-state index contributed by atoms with van der Waals surface area (Å²) in [6.07, 6.45) is 0. The van der Waals surface area contributed by atoms with Crippen molar-refractivity contribution < 1.29 is 4.74 Å². The van der Waals surface area contributed by atoms with Crippen LogP contribution >= 0.6 is 23.1 Å². The summed E-state index contributed by atoms with van der Waals surface area (Å²) in [4.78, 5) is 13.9. The van der Waals surface area contributed by atoms with Gasteiger partial charge in [-0.25, -0.2) is 0 Å². The topological polar surface area (TPSA) is 26.3 Å². The van der Waals surface area contributed by atoms with Gasteiger partial charge in [0.2, 0.25) is 0 Å². The van der Waals surface area contributed by atoms with Gasteiger partial charge in [-0.2, -0.15) is 0 Å². The molecular formula is C21H20O2S2. The van der Waals surface area contributed by atoms with Crippen molar-refractivity contribution in [3.05, 3.63) is 70.4 Å². The Balaban J connectivity index is 2.12. The van der Waals surface area contributed by atoms with Gasteiger partial charge in [0, 0.05) is 10.9 Å². The molecule has 0 bridgehead atoms. The quantitative estimate of drug-likeness (QED) is 0.527. The monoisotopic (exact) mass is 368 g/mol. The Hall–Kier alpha value is -2.04. The Labute approximate surface area is 156 Å². The molecule has 2 aromatic carbocycles. The molecule has 3 aromatic rings. The van der Waals surface area contributed by atoms with Crippen LogP contribution in [0.25, 0.3) is 21.6 Å². The molecule has 0 fully saturated rings. The van der Waals surface area contributed by atoms with E-state index in [-0.39, 0.29) is 5.43 Å². The molecule has 4 heteroatoms. The molecule has 1 aromatic heterocycles. The molecule has 0 amide bonds. The van der Waals surface area contributed by atoms with Crippen molar-refractivity contribution >= 4 is 23.1 Å². The third-order valence-electron chi connectivity index (χ3n) is 3.91. The van der Waals surface area contributed by atoms with Crippen molar-refractivity contribution in [1.82, 2.24) is 0 Å². The molecule has 0 aliphatic heterocycles. The van der Waals surface area contributed by atoms with E-state index in [9.17, 15) is 4.79 Å². The Morgan fingerprint density at radius 1 is 1.00 bits per heavy atom. The van der Waals surface area contributed by atoms with Crippen LogP contribution in [-0.4, -0.2) is 12.9 Å². The molecule has 1 heterocycles. The number of rotatable bonds is 5. The predicted octanol–water partition coefficient (Wildman–Crippen LogP) is 5.87. The van der Waals surface area contributed by atoms with Gasteiger partial charge in [0.05, 0.1) is 16.9 Å². The summed E-state index contributed by atoms with van der Waals surface area (Å²) in [5.41, 5.74) is 4.10. The van der Waals surface area contributed by atoms with E-state index in [0.29, 0.717) is 0 Å². The average Bonchev–Trinajstić information content (AvgIpc) is 2.62. The number of ether oxygens (including phenoxy) is 1. The van der Waals surface area contributed by atoms with Gasteiger partial charge in [-0.3, -0.25) is 4.79 Å². The standard InChI is InChI=1S/C21H20O2S2/c1-4-24-21-20(16-9-11-17(23-3)12-10-16)18(22)13-19(25-21)15-7-5-14(2)6-8-15/h5-13H,4H2,1-3H3. The molecule has 128 valence electrons. The maximum Gasteiger partial charge on any atom is 0.189 e. The Bertz CT molecular complexity index is 910. The zero-order valence-electron chi connectivity index (χ0n) is 14.5. The van der Waals surface area contributed by atoms with Crippen LogP contribution in [0.4, 0.5) is 0 Å². The Kier molecular flexibility index (Phi) is 5.61. The number of hydrogen-bond acceptors (Lipinski definition) is 4. The van der Waals surface area contributed by atoms with E-state index in [1.807, 2.05) is 24.3 Å². The third kappa shape index (κ3) is 3.97. The van der Waals surface area contributed by atoms with Crippen LogP contribution in [0.3, 0.4) is 0 Å². The molecule has 0 saturated carbocycles. The molecule has 0 unspecified atom stereocenters. The first-order valence-corrected chi connectivity index (χ1v) is 9.95. The van der Waals surface area contributed by atoms with Crippen molar-refractivity contribution in [3.63, 3.8) is 0 Å². The second-order valence-electron chi connectivity index (χ2n) is 5.66. The van der Waals surface area contributed by atoms with Gasteiger partial charge in [0.1, 0.15) is 5.75 Å². The molecule has 0 aliphatic carbocycles. The van der Waals surface area contributed by atoms with Crippen LogP contribution in [-0.2, 0) is 0 Å². The van der Waals surface area contributed by atoms with Crippen molar-refractivity contribution in [1.29, 1.82) is 0 Å². The van der Waals surface area contributed by atoms with Gasteiger partial charge in [-0.15, -0.1) is 23.1 Å². The van der Waals surface area contributed by atoms with Crippen molar-refractivity contribution in [2.75, 3.05) is 12.9 Å². The van der Waals surface area contributed by atoms with Gasteiger partial charge < -0.3 is 4.74 Å². The van der Waals surface area contributed by atoms with Crippen molar-refractivity contribution in [2.24, 2.45) is 0 Å². The Morgan fingerprint density at radius 3 is 2.24 bits per heavy atom. The first-order chi connectivity index (χ1) is 12.1. The van der Waals surface area contributed by atoms with Gasteiger partial charge in [0.25, 0.3) is 0 Å². The summed E-state index contributed by atoms with van der Waals surface area (Å²) in [6.45, 7) is 4.18. The second-order valence-corrected chi connectivity index (χ2v) is 8.25. The molecular weight excluding hydrogens is 348 g/mol. The summed E-state index contributed by atoms with van der Waals surface area (Å²) >= 11 is 3.40. The highest BCUT2D eigenvalue weighted by Crippen LogP contribution is 2.37. The van der Waals surface area contributed by atoms with Crippen molar-refractivity contribution in [3.8, 4) is 27.3 Å². The highest BCUT2D eigenvalue weighted by atomic mass is 32.2. The number of hydrogen-bond donors (Lipinski definition) is 0. The third-order valence-corrected chi connectivity index (χ3v) is 6.23. The van der Waals surface area contributed by atoms with Gasteiger partial charge in [-0.05, 0) is 35.9 Å². The van der Waals surface area contributed by atoms with E-state index in [0.717, 1.165) is 37.3 Å². The minimum Gasteiger partial charge on any atom is -0.497 e. The summed E-state index contributed by atoms with van der Waals surface area (Å²) in [5, 5.41) is 0. The zero-order valence-corrected chi connectivity index (χ0v) is 16.2. The molecule has 2 nitrogen and oxygen atoms in total. The zero-order chi connectivity index (χ0) is 17.8. The lowest BCUT2D eigenvalue weighted by atomic mass is 10.1. The van der Waals surface area contributed by atoms with E-state index in [1.165, 1.54) is 5.56 Å². The van der Waals surface area contributed by atoms with Gasteiger partial charge >= 0.3 is 0 Å². The maximum atomic E-state index is 12.9. The van der Waals surface area contributed by atoms with Crippen LogP contribution < -0.4 is 10.2 Å². The molecule has 0 radical (unpaired) electrons. The molecule has 0 N–H and O–H groups in total. The fourth-order valence-electron chi connectivity index (χ4n) is 2.58. The first-order valence-electron chi connectivity index (χ1n) is 8.14.